The molecular weight excluding hydrogens is 362 g/mol. The van der Waals surface area contributed by atoms with Crippen LogP contribution in [0, 0.1) is 0 Å². The van der Waals surface area contributed by atoms with Gasteiger partial charge in [-0.2, -0.15) is 0 Å². The molecule has 1 aromatic heterocycles. The van der Waals surface area contributed by atoms with Gasteiger partial charge < -0.3 is 10.1 Å². The second kappa shape index (κ2) is 8.39. The van der Waals surface area contributed by atoms with Gasteiger partial charge in [-0.1, -0.05) is 44.7 Å². The number of hydrogen-bond donors (Lipinski definition) is 1. The van der Waals surface area contributed by atoms with Gasteiger partial charge in [0.15, 0.2) is 0 Å². The first kappa shape index (κ1) is 19.8. The summed E-state index contributed by atoms with van der Waals surface area (Å²) in [5.41, 5.74) is 2.11. The number of hydrogen-bond acceptors (Lipinski definition) is 6. The largest absolute Gasteiger partial charge is 0.376 e. The summed E-state index contributed by atoms with van der Waals surface area (Å²) < 4.78 is 7.37. The SMILES string of the molecule is C[C@H](Sc1nnnn1C[C@H]1CCCO1)C(=O)Nc1ccc(C(C)(C)C)cc1. The van der Waals surface area contributed by atoms with E-state index in [1.54, 1.807) is 4.68 Å². The van der Waals surface area contributed by atoms with Crippen molar-refractivity contribution in [3.05, 3.63) is 29.8 Å². The van der Waals surface area contributed by atoms with Gasteiger partial charge >= 0.3 is 0 Å². The Morgan fingerprint density at radius 1 is 1.37 bits per heavy atom. The maximum atomic E-state index is 12.5. The van der Waals surface area contributed by atoms with Crippen LogP contribution in [-0.4, -0.2) is 44.1 Å². The van der Waals surface area contributed by atoms with Gasteiger partial charge in [0.2, 0.25) is 11.1 Å². The van der Waals surface area contributed by atoms with Crippen LogP contribution in [0.1, 0.15) is 46.1 Å². The highest BCUT2D eigenvalue weighted by molar-refractivity contribution is 8.00. The van der Waals surface area contributed by atoms with Crippen molar-refractivity contribution < 1.29 is 9.53 Å². The number of aromatic nitrogens is 4. The minimum absolute atomic E-state index is 0.0739. The predicted molar refractivity (Wildman–Crippen MR) is 106 cm³/mol. The second-order valence-electron chi connectivity index (χ2n) is 7.86. The molecule has 0 unspecified atom stereocenters. The summed E-state index contributed by atoms with van der Waals surface area (Å²) in [6.45, 7) is 9.77. The van der Waals surface area contributed by atoms with Gasteiger partial charge in [-0.15, -0.1) is 5.10 Å². The van der Waals surface area contributed by atoms with Gasteiger partial charge in [0.25, 0.3) is 0 Å². The molecule has 1 aliphatic heterocycles. The van der Waals surface area contributed by atoms with Gasteiger partial charge in [0.05, 0.1) is 17.9 Å². The van der Waals surface area contributed by atoms with Crippen LogP contribution in [0.3, 0.4) is 0 Å². The molecule has 1 aromatic carbocycles. The summed E-state index contributed by atoms with van der Waals surface area (Å²) in [5, 5.41) is 15.1. The minimum Gasteiger partial charge on any atom is -0.376 e. The maximum Gasteiger partial charge on any atom is 0.237 e. The summed E-state index contributed by atoms with van der Waals surface area (Å²) in [7, 11) is 0. The van der Waals surface area contributed by atoms with E-state index in [4.69, 9.17) is 4.74 Å². The molecule has 0 spiro atoms. The van der Waals surface area contributed by atoms with E-state index in [9.17, 15) is 4.79 Å². The number of tetrazole rings is 1. The maximum absolute atomic E-state index is 12.5. The van der Waals surface area contributed by atoms with E-state index in [2.05, 4.69) is 53.7 Å². The first-order valence-electron chi connectivity index (χ1n) is 9.29. The molecular formula is C19H27N5O2S. The average molecular weight is 390 g/mol. The van der Waals surface area contributed by atoms with Gasteiger partial charge in [-0.05, 0) is 53.3 Å². The Hall–Kier alpha value is -1.93. The minimum atomic E-state index is -0.318. The predicted octanol–water partition coefficient (Wildman–Crippen LogP) is 3.27. The van der Waals surface area contributed by atoms with Crippen molar-refractivity contribution in [2.75, 3.05) is 11.9 Å². The number of thioether (sulfide) groups is 1. The zero-order valence-corrected chi connectivity index (χ0v) is 17.1. The zero-order valence-electron chi connectivity index (χ0n) is 16.3. The Kier molecular flexibility index (Phi) is 6.16. The second-order valence-corrected chi connectivity index (χ2v) is 9.16. The van der Waals surface area contributed by atoms with Crippen LogP contribution in [-0.2, 0) is 21.5 Å². The molecule has 2 atom stereocenters. The van der Waals surface area contributed by atoms with Crippen LogP contribution < -0.4 is 5.32 Å². The highest BCUT2D eigenvalue weighted by Gasteiger charge is 2.22. The summed E-state index contributed by atoms with van der Waals surface area (Å²) in [6, 6.07) is 7.99. The fourth-order valence-corrected chi connectivity index (χ4v) is 3.68. The lowest BCUT2D eigenvalue weighted by molar-refractivity contribution is -0.115. The molecule has 0 radical (unpaired) electrons. The molecule has 1 fully saturated rings. The lowest BCUT2D eigenvalue weighted by atomic mass is 9.87. The van der Waals surface area contributed by atoms with Crippen LogP contribution in [0.25, 0.3) is 0 Å². The van der Waals surface area contributed by atoms with Crippen molar-refractivity contribution in [2.45, 2.75) is 69.0 Å². The molecule has 0 aliphatic carbocycles. The molecule has 2 heterocycles. The molecule has 1 aliphatic rings. The van der Waals surface area contributed by atoms with Crippen molar-refractivity contribution in [2.24, 2.45) is 0 Å². The monoisotopic (exact) mass is 389 g/mol. The highest BCUT2D eigenvalue weighted by Crippen LogP contribution is 2.25. The van der Waals surface area contributed by atoms with Crippen LogP contribution in [0.15, 0.2) is 29.4 Å². The van der Waals surface area contributed by atoms with E-state index in [0.717, 1.165) is 25.1 Å². The number of carbonyl (C=O) groups excluding carboxylic acids is 1. The third-order valence-corrected chi connectivity index (χ3v) is 5.64. The third kappa shape index (κ3) is 5.29. The first-order chi connectivity index (χ1) is 12.8. The Bertz CT molecular complexity index is 763. The van der Waals surface area contributed by atoms with E-state index in [0.29, 0.717) is 11.7 Å². The average Bonchev–Trinajstić information content (AvgIpc) is 3.27. The molecule has 27 heavy (non-hydrogen) atoms. The summed E-state index contributed by atoms with van der Waals surface area (Å²) in [6.07, 6.45) is 2.24. The molecule has 1 N–H and O–H groups in total. The van der Waals surface area contributed by atoms with E-state index >= 15 is 0 Å². The van der Waals surface area contributed by atoms with E-state index in [1.165, 1.54) is 17.3 Å². The lowest BCUT2D eigenvalue weighted by Gasteiger charge is -2.19. The summed E-state index contributed by atoms with van der Waals surface area (Å²) >= 11 is 1.35. The molecule has 0 bridgehead atoms. The van der Waals surface area contributed by atoms with Gasteiger partial charge in [0, 0.05) is 12.3 Å². The van der Waals surface area contributed by atoms with Gasteiger partial charge in [0.1, 0.15) is 0 Å². The lowest BCUT2D eigenvalue weighted by Crippen LogP contribution is -2.24. The van der Waals surface area contributed by atoms with Crippen molar-refractivity contribution >= 4 is 23.4 Å². The zero-order chi connectivity index (χ0) is 19.4. The van der Waals surface area contributed by atoms with Crippen LogP contribution in [0.5, 0.6) is 0 Å². The molecule has 0 saturated carbocycles. The Morgan fingerprint density at radius 2 is 2.11 bits per heavy atom. The van der Waals surface area contributed by atoms with Crippen LogP contribution >= 0.6 is 11.8 Å². The van der Waals surface area contributed by atoms with Crippen molar-refractivity contribution in [1.82, 2.24) is 20.2 Å². The van der Waals surface area contributed by atoms with Gasteiger partial charge in [-0.3, -0.25) is 4.79 Å². The van der Waals surface area contributed by atoms with E-state index < -0.39 is 0 Å². The molecule has 8 heteroatoms. The van der Waals surface area contributed by atoms with Gasteiger partial charge in [-0.25, -0.2) is 4.68 Å². The number of amides is 1. The smallest absolute Gasteiger partial charge is 0.237 e. The van der Waals surface area contributed by atoms with Crippen molar-refractivity contribution in [3.8, 4) is 0 Å². The molecule has 2 aromatic rings. The first-order valence-corrected chi connectivity index (χ1v) is 10.2. The standard InChI is InChI=1S/C19H27N5O2S/c1-13(17(25)20-15-9-7-14(8-10-15)19(2,3)4)27-18-21-22-23-24(18)12-16-6-5-11-26-16/h7-10,13,16H,5-6,11-12H2,1-4H3,(H,20,25)/t13-,16+/m0/s1. The number of nitrogens with one attached hydrogen (secondary N) is 1. The topological polar surface area (TPSA) is 81.9 Å². The van der Waals surface area contributed by atoms with Crippen molar-refractivity contribution in [3.63, 3.8) is 0 Å². The Labute approximate surface area is 164 Å². The number of benzene rings is 1. The van der Waals surface area contributed by atoms with Crippen molar-refractivity contribution in [1.29, 1.82) is 0 Å². The van der Waals surface area contributed by atoms with Crippen LogP contribution in [0.2, 0.25) is 0 Å². The van der Waals surface area contributed by atoms with E-state index in [-0.39, 0.29) is 22.7 Å². The quantitative estimate of drug-likeness (QED) is 0.764. The highest BCUT2D eigenvalue weighted by atomic mass is 32.2. The summed E-state index contributed by atoms with van der Waals surface area (Å²) in [4.78, 5) is 12.5. The molecule has 7 nitrogen and oxygen atoms in total. The number of nitrogens with zero attached hydrogens (tertiary/aromatic N) is 4. The third-order valence-electron chi connectivity index (χ3n) is 4.57. The Morgan fingerprint density at radius 3 is 2.74 bits per heavy atom. The molecule has 3 rings (SSSR count). The normalized spacial score (nSPS) is 18.4. The summed E-state index contributed by atoms with van der Waals surface area (Å²) in [5.74, 6) is -0.0739. The number of ether oxygens (including phenoxy) is 1. The molecule has 1 saturated heterocycles. The van der Waals surface area contributed by atoms with Crippen LogP contribution in [0.4, 0.5) is 5.69 Å². The fraction of sp³-hybridized carbons (Fsp3) is 0.579. The number of anilines is 1. The Balaban J connectivity index is 1.57. The molecule has 1 amide bonds. The van der Waals surface area contributed by atoms with E-state index in [1.807, 2.05) is 19.1 Å². The fourth-order valence-electron chi connectivity index (χ4n) is 2.89. The molecule has 146 valence electrons. The number of rotatable bonds is 6. The number of carbonyl (C=O) groups is 1.